The highest BCUT2D eigenvalue weighted by Gasteiger charge is 2.03. The maximum Gasteiger partial charge on any atom is 0.00153 e. The van der Waals surface area contributed by atoms with E-state index in [9.17, 15) is 0 Å². The molecule has 2 rings (SSSR count). The van der Waals surface area contributed by atoms with Gasteiger partial charge in [0.15, 0.2) is 0 Å². The Morgan fingerprint density at radius 1 is 0.895 bits per heavy atom. The van der Waals surface area contributed by atoms with E-state index in [2.05, 4.69) is 79.7 Å². The third-order valence-electron chi connectivity index (χ3n) is 3.48. The minimum absolute atomic E-state index is 0.553. The van der Waals surface area contributed by atoms with Crippen molar-refractivity contribution in [3.63, 3.8) is 0 Å². The monoisotopic (exact) mass is 250 g/mol. The molecule has 0 saturated heterocycles. The average Bonchev–Trinajstić information content (AvgIpc) is 2.49. The molecule has 2 aromatic rings. The zero-order chi connectivity index (χ0) is 13.3. The number of benzene rings is 2. The third kappa shape index (κ3) is 4.40. The van der Waals surface area contributed by atoms with Crippen LogP contribution < -0.4 is 0 Å². The smallest absolute Gasteiger partial charge is 0.00153 e. The maximum absolute atomic E-state index is 2.36. The fourth-order valence-corrected chi connectivity index (χ4v) is 2.34. The summed E-state index contributed by atoms with van der Waals surface area (Å²) in [5.74, 6) is 0.553. The van der Waals surface area contributed by atoms with E-state index in [0.29, 0.717) is 5.92 Å². The summed E-state index contributed by atoms with van der Waals surface area (Å²) in [5.41, 5.74) is 2.83. The fraction of sp³-hybridized carbons (Fsp3) is 0.263. The van der Waals surface area contributed by atoms with Gasteiger partial charge in [0, 0.05) is 5.92 Å². The van der Waals surface area contributed by atoms with Crippen molar-refractivity contribution in [2.75, 3.05) is 0 Å². The van der Waals surface area contributed by atoms with Crippen LogP contribution in [0.5, 0.6) is 0 Å². The van der Waals surface area contributed by atoms with Crippen LogP contribution in [-0.2, 0) is 6.42 Å². The van der Waals surface area contributed by atoms with Gasteiger partial charge >= 0.3 is 0 Å². The lowest BCUT2D eigenvalue weighted by atomic mass is 9.95. The van der Waals surface area contributed by atoms with Crippen molar-refractivity contribution in [2.45, 2.75) is 32.1 Å². The Hall–Kier alpha value is -1.82. The Morgan fingerprint density at radius 3 is 2.16 bits per heavy atom. The Morgan fingerprint density at radius 2 is 1.53 bits per heavy atom. The van der Waals surface area contributed by atoms with E-state index < -0.39 is 0 Å². The quantitative estimate of drug-likeness (QED) is 0.605. The Bertz CT molecular complexity index is 482. The minimum Gasteiger partial charge on any atom is -0.0876 e. The number of rotatable bonds is 6. The van der Waals surface area contributed by atoms with E-state index >= 15 is 0 Å². The normalized spacial score (nSPS) is 12.7. The summed E-state index contributed by atoms with van der Waals surface area (Å²) >= 11 is 0. The molecule has 2 aromatic carbocycles. The molecule has 0 radical (unpaired) electrons. The van der Waals surface area contributed by atoms with Gasteiger partial charge in [-0.25, -0.2) is 0 Å². The second kappa shape index (κ2) is 7.58. The zero-order valence-electron chi connectivity index (χ0n) is 11.6. The first-order valence-corrected chi connectivity index (χ1v) is 7.15. The molecule has 0 aromatic heterocycles. The molecule has 0 spiro atoms. The highest BCUT2D eigenvalue weighted by atomic mass is 14.1. The molecule has 0 heteroatoms. The topological polar surface area (TPSA) is 0 Å². The molecule has 0 saturated carbocycles. The van der Waals surface area contributed by atoms with Gasteiger partial charge in [0.25, 0.3) is 0 Å². The summed E-state index contributed by atoms with van der Waals surface area (Å²) < 4.78 is 0. The molecule has 0 aliphatic carbocycles. The van der Waals surface area contributed by atoms with Crippen molar-refractivity contribution < 1.29 is 0 Å². The van der Waals surface area contributed by atoms with Crippen LogP contribution in [0, 0.1) is 0 Å². The Kier molecular flexibility index (Phi) is 5.43. The molecule has 1 unspecified atom stereocenters. The zero-order valence-corrected chi connectivity index (χ0v) is 11.6. The van der Waals surface area contributed by atoms with E-state index in [-0.39, 0.29) is 0 Å². The SMILES string of the molecule is CCC(/C=C/CCc1ccccc1)c1ccccc1. The number of aryl methyl sites for hydroxylation is 1. The first-order valence-electron chi connectivity index (χ1n) is 7.15. The number of hydrogen-bond donors (Lipinski definition) is 0. The van der Waals surface area contributed by atoms with Crippen molar-refractivity contribution in [3.8, 4) is 0 Å². The van der Waals surface area contributed by atoms with E-state index in [1.807, 2.05) is 0 Å². The first kappa shape index (κ1) is 13.6. The number of hydrogen-bond acceptors (Lipinski definition) is 0. The predicted octanol–water partition coefficient (Wildman–Crippen LogP) is 5.37. The molecule has 1 atom stereocenters. The Balaban J connectivity index is 1.87. The fourth-order valence-electron chi connectivity index (χ4n) is 2.34. The van der Waals surface area contributed by atoms with Gasteiger partial charge in [-0.05, 0) is 30.4 Å². The van der Waals surface area contributed by atoms with E-state index in [0.717, 1.165) is 19.3 Å². The van der Waals surface area contributed by atoms with Crippen LogP contribution in [0.2, 0.25) is 0 Å². The molecule has 0 bridgehead atoms. The average molecular weight is 250 g/mol. The largest absolute Gasteiger partial charge is 0.0876 e. The summed E-state index contributed by atoms with van der Waals surface area (Å²) in [5, 5.41) is 0. The van der Waals surface area contributed by atoms with Crippen LogP contribution >= 0.6 is 0 Å². The second-order valence-corrected chi connectivity index (χ2v) is 4.88. The van der Waals surface area contributed by atoms with Gasteiger partial charge in [-0.3, -0.25) is 0 Å². The van der Waals surface area contributed by atoms with Gasteiger partial charge in [-0.2, -0.15) is 0 Å². The molecule has 19 heavy (non-hydrogen) atoms. The summed E-state index contributed by atoms with van der Waals surface area (Å²) in [4.78, 5) is 0. The number of allylic oxidation sites excluding steroid dienone is 2. The van der Waals surface area contributed by atoms with Gasteiger partial charge in [0.2, 0.25) is 0 Å². The summed E-state index contributed by atoms with van der Waals surface area (Å²) in [6.07, 6.45) is 8.09. The standard InChI is InChI=1S/C19H22/c1-2-18(19-15-7-4-8-16-19)14-10-9-13-17-11-5-3-6-12-17/h3-8,10-12,14-16,18H,2,9,13H2,1H3/b14-10+. The molecule has 0 N–H and O–H groups in total. The molecule has 0 heterocycles. The van der Waals surface area contributed by atoms with Crippen LogP contribution in [0.15, 0.2) is 72.8 Å². The highest BCUT2D eigenvalue weighted by molar-refractivity contribution is 5.23. The van der Waals surface area contributed by atoms with Crippen molar-refractivity contribution in [1.82, 2.24) is 0 Å². The molecule has 0 amide bonds. The van der Waals surface area contributed by atoms with Crippen LogP contribution in [0.4, 0.5) is 0 Å². The molecule has 0 aliphatic heterocycles. The third-order valence-corrected chi connectivity index (χ3v) is 3.48. The molecule has 0 fully saturated rings. The summed E-state index contributed by atoms with van der Waals surface area (Å²) in [7, 11) is 0. The van der Waals surface area contributed by atoms with Gasteiger partial charge in [0.1, 0.15) is 0 Å². The minimum atomic E-state index is 0.553. The first-order chi connectivity index (χ1) is 9.40. The maximum atomic E-state index is 2.36. The summed E-state index contributed by atoms with van der Waals surface area (Å²) in [6, 6.07) is 21.4. The van der Waals surface area contributed by atoms with E-state index in [1.165, 1.54) is 11.1 Å². The van der Waals surface area contributed by atoms with Gasteiger partial charge in [0.05, 0.1) is 0 Å². The molecule has 98 valence electrons. The lowest BCUT2D eigenvalue weighted by Gasteiger charge is -2.10. The van der Waals surface area contributed by atoms with Crippen molar-refractivity contribution in [2.24, 2.45) is 0 Å². The van der Waals surface area contributed by atoms with Crippen LogP contribution in [-0.4, -0.2) is 0 Å². The van der Waals surface area contributed by atoms with Crippen LogP contribution in [0.1, 0.15) is 36.8 Å². The molecular formula is C19H22. The summed E-state index contributed by atoms with van der Waals surface area (Å²) in [6.45, 7) is 2.25. The van der Waals surface area contributed by atoms with Crippen molar-refractivity contribution in [3.05, 3.63) is 83.9 Å². The van der Waals surface area contributed by atoms with Crippen molar-refractivity contribution in [1.29, 1.82) is 0 Å². The lowest BCUT2D eigenvalue weighted by molar-refractivity contribution is 0.799. The van der Waals surface area contributed by atoms with Crippen molar-refractivity contribution >= 4 is 0 Å². The van der Waals surface area contributed by atoms with E-state index in [4.69, 9.17) is 0 Å². The Labute approximate surface area is 116 Å². The van der Waals surface area contributed by atoms with Gasteiger partial charge in [-0.15, -0.1) is 0 Å². The molecule has 0 aliphatic rings. The van der Waals surface area contributed by atoms with Crippen LogP contribution in [0.3, 0.4) is 0 Å². The predicted molar refractivity (Wildman–Crippen MR) is 83.4 cm³/mol. The molecular weight excluding hydrogens is 228 g/mol. The van der Waals surface area contributed by atoms with Crippen LogP contribution in [0.25, 0.3) is 0 Å². The second-order valence-electron chi connectivity index (χ2n) is 4.88. The highest BCUT2D eigenvalue weighted by Crippen LogP contribution is 2.20. The molecule has 0 nitrogen and oxygen atoms in total. The van der Waals surface area contributed by atoms with Gasteiger partial charge < -0.3 is 0 Å². The van der Waals surface area contributed by atoms with Gasteiger partial charge in [-0.1, -0.05) is 79.7 Å². The lowest BCUT2D eigenvalue weighted by Crippen LogP contribution is -1.92. The van der Waals surface area contributed by atoms with E-state index in [1.54, 1.807) is 0 Å².